The number of carboxylic acid groups (broad SMARTS) is 1. The molecule has 0 bridgehead atoms. The Hall–Kier alpha value is -1.25. The van der Waals surface area contributed by atoms with Gasteiger partial charge in [0.25, 0.3) is 0 Å². The van der Waals surface area contributed by atoms with E-state index >= 15 is 0 Å². The summed E-state index contributed by atoms with van der Waals surface area (Å²) in [4.78, 5) is 11.9. The minimum absolute atomic E-state index is 0.231. The van der Waals surface area contributed by atoms with Crippen LogP contribution in [0.5, 0.6) is 0 Å². The van der Waals surface area contributed by atoms with Gasteiger partial charge in [-0.1, -0.05) is 12.7 Å². The first-order chi connectivity index (χ1) is 4.59. The van der Waals surface area contributed by atoms with E-state index in [9.17, 15) is 4.79 Å². The van der Waals surface area contributed by atoms with Crippen LogP contribution in [-0.4, -0.2) is 30.1 Å². The van der Waals surface area contributed by atoms with Gasteiger partial charge >= 0.3 is 5.97 Å². The lowest BCUT2D eigenvalue weighted by Gasteiger charge is -2.11. The molecule has 0 saturated heterocycles. The van der Waals surface area contributed by atoms with Gasteiger partial charge in [0.15, 0.2) is 0 Å². The van der Waals surface area contributed by atoms with E-state index < -0.39 is 5.97 Å². The molecule has 3 nitrogen and oxygen atoms in total. The molecule has 0 aliphatic heterocycles. The van der Waals surface area contributed by atoms with E-state index in [4.69, 9.17) is 5.11 Å². The lowest BCUT2D eigenvalue weighted by atomic mass is 10.3. The Bertz CT molecular complexity index is 170. The van der Waals surface area contributed by atoms with Crippen molar-refractivity contribution in [2.75, 3.05) is 14.1 Å². The van der Waals surface area contributed by atoms with Gasteiger partial charge in [-0.2, -0.15) is 0 Å². The molecule has 0 unspecified atom stereocenters. The first kappa shape index (κ1) is 8.75. The molecule has 0 atom stereocenters. The van der Waals surface area contributed by atoms with Crippen LogP contribution in [0.15, 0.2) is 24.4 Å². The zero-order chi connectivity index (χ0) is 8.15. The van der Waals surface area contributed by atoms with Crippen molar-refractivity contribution in [3.8, 4) is 0 Å². The number of carboxylic acids is 1. The third-order valence-corrected chi connectivity index (χ3v) is 0.977. The Morgan fingerprint density at radius 3 is 2.20 bits per heavy atom. The number of carbonyl (C=O) groups is 1. The van der Waals surface area contributed by atoms with Crippen LogP contribution in [0, 0.1) is 0 Å². The highest BCUT2D eigenvalue weighted by Crippen LogP contribution is 1.97. The topological polar surface area (TPSA) is 40.5 Å². The number of hydrogen-bond acceptors (Lipinski definition) is 2. The third kappa shape index (κ3) is 2.35. The molecule has 0 amide bonds. The minimum atomic E-state index is -0.940. The molecular formula is C7H11NO2. The normalized spacial score (nSPS) is 10.8. The van der Waals surface area contributed by atoms with Gasteiger partial charge in [0.05, 0.1) is 0 Å². The Morgan fingerprint density at radius 2 is 2.10 bits per heavy atom. The van der Waals surface area contributed by atoms with Crippen molar-refractivity contribution in [1.82, 2.24) is 4.90 Å². The highest BCUT2D eigenvalue weighted by atomic mass is 16.4. The maximum atomic E-state index is 10.4. The second-order valence-electron chi connectivity index (χ2n) is 1.99. The van der Waals surface area contributed by atoms with E-state index in [0.717, 1.165) is 0 Å². The van der Waals surface area contributed by atoms with E-state index in [1.165, 1.54) is 17.1 Å². The Labute approximate surface area is 60.3 Å². The molecule has 0 aromatic rings. The first-order valence-corrected chi connectivity index (χ1v) is 2.83. The molecule has 0 aromatic carbocycles. The van der Waals surface area contributed by atoms with Crippen LogP contribution in [0.2, 0.25) is 0 Å². The van der Waals surface area contributed by atoms with Gasteiger partial charge in [0, 0.05) is 14.1 Å². The number of hydrogen-bond donors (Lipinski definition) is 1. The van der Waals surface area contributed by atoms with Gasteiger partial charge in [0.1, 0.15) is 5.70 Å². The SMILES string of the molecule is C=C/C=C(/C(=O)O)N(C)C. The van der Waals surface area contributed by atoms with Crippen molar-refractivity contribution in [1.29, 1.82) is 0 Å². The van der Waals surface area contributed by atoms with Crippen molar-refractivity contribution in [2.45, 2.75) is 0 Å². The lowest BCUT2D eigenvalue weighted by molar-refractivity contribution is -0.134. The molecule has 0 aliphatic carbocycles. The van der Waals surface area contributed by atoms with E-state index in [1.54, 1.807) is 14.1 Å². The standard InChI is InChI=1S/C7H11NO2/c1-4-5-6(7(9)10)8(2)3/h4-5H,1H2,2-3H3,(H,9,10)/b6-5-. The number of rotatable bonds is 3. The average molecular weight is 141 g/mol. The Balaban J connectivity index is 4.41. The van der Waals surface area contributed by atoms with Crippen LogP contribution in [0.25, 0.3) is 0 Å². The molecule has 56 valence electrons. The third-order valence-electron chi connectivity index (χ3n) is 0.977. The molecular weight excluding hydrogens is 130 g/mol. The molecule has 3 heteroatoms. The Morgan fingerprint density at radius 1 is 1.60 bits per heavy atom. The average Bonchev–Trinajstić information content (AvgIpc) is 1.81. The summed E-state index contributed by atoms with van der Waals surface area (Å²) in [5.41, 5.74) is 0.231. The van der Waals surface area contributed by atoms with E-state index in [-0.39, 0.29) is 5.70 Å². The molecule has 0 rings (SSSR count). The lowest BCUT2D eigenvalue weighted by Crippen LogP contribution is -2.18. The fraction of sp³-hybridized carbons (Fsp3) is 0.286. The summed E-state index contributed by atoms with van der Waals surface area (Å²) in [6.45, 7) is 3.40. The van der Waals surface area contributed by atoms with Gasteiger partial charge < -0.3 is 10.0 Å². The molecule has 0 aromatic heterocycles. The summed E-state index contributed by atoms with van der Waals surface area (Å²) in [5.74, 6) is -0.940. The maximum absolute atomic E-state index is 10.4. The highest BCUT2D eigenvalue weighted by molar-refractivity contribution is 5.86. The maximum Gasteiger partial charge on any atom is 0.352 e. The summed E-state index contributed by atoms with van der Waals surface area (Å²) >= 11 is 0. The summed E-state index contributed by atoms with van der Waals surface area (Å²) in [6.07, 6.45) is 2.89. The molecule has 0 radical (unpaired) electrons. The van der Waals surface area contributed by atoms with Crippen molar-refractivity contribution >= 4 is 5.97 Å². The molecule has 0 aliphatic rings. The predicted octanol–water partition coefficient (Wildman–Crippen LogP) is 0.702. The smallest absolute Gasteiger partial charge is 0.352 e. The van der Waals surface area contributed by atoms with E-state index in [0.29, 0.717) is 0 Å². The van der Waals surface area contributed by atoms with Crippen LogP contribution >= 0.6 is 0 Å². The number of allylic oxidation sites excluding steroid dienone is 2. The molecule has 0 spiro atoms. The van der Waals surface area contributed by atoms with Crippen LogP contribution in [0.4, 0.5) is 0 Å². The summed E-state index contributed by atoms with van der Waals surface area (Å²) < 4.78 is 0. The molecule has 0 fully saturated rings. The summed E-state index contributed by atoms with van der Waals surface area (Å²) in [5, 5.41) is 8.52. The highest BCUT2D eigenvalue weighted by Gasteiger charge is 2.06. The monoisotopic (exact) mass is 141 g/mol. The summed E-state index contributed by atoms with van der Waals surface area (Å²) in [6, 6.07) is 0. The van der Waals surface area contributed by atoms with E-state index in [1.807, 2.05) is 0 Å². The Kier molecular flexibility index (Phi) is 3.25. The second kappa shape index (κ2) is 3.71. The van der Waals surface area contributed by atoms with Crippen molar-refractivity contribution in [2.24, 2.45) is 0 Å². The summed E-state index contributed by atoms with van der Waals surface area (Å²) in [7, 11) is 3.34. The predicted molar refractivity (Wildman–Crippen MR) is 39.6 cm³/mol. The quantitative estimate of drug-likeness (QED) is 0.464. The van der Waals surface area contributed by atoms with Gasteiger partial charge in [-0.15, -0.1) is 0 Å². The van der Waals surface area contributed by atoms with Crippen LogP contribution in [0.3, 0.4) is 0 Å². The zero-order valence-corrected chi connectivity index (χ0v) is 6.16. The van der Waals surface area contributed by atoms with Crippen molar-refractivity contribution in [3.63, 3.8) is 0 Å². The number of aliphatic carboxylic acids is 1. The zero-order valence-electron chi connectivity index (χ0n) is 6.16. The van der Waals surface area contributed by atoms with Crippen LogP contribution < -0.4 is 0 Å². The van der Waals surface area contributed by atoms with Gasteiger partial charge in [-0.3, -0.25) is 0 Å². The molecule has 0 heterocycles. The van der Waals surface area contributed by atoms with Crippen LogP contribution in [0.1, 0.15) is 0 Å². The van der Waals surface area contributed by atoms with Crippen molar-refractivity contribution in [3.05, 3.63) is 24.4 Å². The molecule has 1 N–H and O–H groups in total. The fourth-order valence-electron chi connectivity index (χ4n) is 0.523. The molecule has 10 heavy (non-hydrogen) atoms. The molecule has 0 saturated carbocycles. The number of nitrogens with zero attached hydrogens (tertiary/aromatic N) is 1. The van der Waals surface area contributed by atoms with Gasteiger partial charge in [-0.25, -0.2) is 4.79 Å². The van der Waals surface area contributed by atoms with Gasteiger partial charge in [-0.05, 0) is 6.08 Å². The van der Waals surface area contributed by atoms with Crippen LogP contribution in [-0.2, 0) is 4.79 Å². The van der Waals surface area contributed by atoms with E-state index in [2.05, 4.69) is 6.58 Å². The first-order valence-electron chi connectivity index (χ1n) is 2.83. The van der Waals surface area contributed by atoms with Gasteiger partial charge in [0.2, 0.25) is 0 Å². The number of likely N-dealkylation sites (N-methyl/N-ethyl adjacent to an activating group) is 1. The minimum Gasteiger partial charge on any atom is -0.477 e. The van der Waals surface area contributed by atoms with Crippen molar-refractivity contribution < 1.29 is 9.90 Å². The largest absolute Gasteiger partial charge is 0.477 e. The second-order valence-corrected chi connectivity index (χ2v) is 1.99. The fourth-order valence-corrected chi connectivity index (χ4v) is 0.523.